The molecule has 3 rings (SSSR count). The predicted octanol–water partition coefficient (Wildman–Crippen LogP) is 3.95. The highest BCUT2D eigenvalue weighted by atomic mass is 35.5. The maximum atomic E-state index is 6.66. The maximum absolute atomic E-state index is 6.66. The van der Waals surface area contributed by atoms with Gasteiger partial charge >= 0.3 is 0 Å². The van der Waals surface area contributed by atoms with Gasteiger partial charge in [-0.25, -0.2) is 0 Å². The van der Waals surface area contributed by atoms with Crippen LogP contribution in [0.5, 0.6) is 0 Å². The number of aromatic nitrogens is 1. The van der Waals surface area contributed by atoms with Crippen LogP contribution >= 0.6 is 11.6 Å². The highest BCUT2D eigenvalue weighted by Gasteiger charge is 2.31. The van der Waals surface area contributed by atoms with Crippen molar-refractivity contribution in [2.24, 2.45) is 12.8 Å². The fourth-order valence-electron chi connectivity index (χ4n) is 3.26. The fraction of sp³-hybridized carbons (Fsp3) is 0.467. The first kappa shape index (κ1) is 12.1. The van der Waals surface area contributed by atoms with E-state index in [0.29, 0.717) is 0 Å². The second-order valence-corrected chi connectivity index (χ2v) is 5.91. The molecule has 1 heterocycles. The molecule has 1 aliphatic rings. The summed E-state index contributed by atoms with van der Waals surface area (Å²) in [5.41, 5.74) is 8.87. The lowest BCUT2D eigenvalue weighted by Crippen LogP contribution is -2.38. The molecule has 2 aromatic rings. The molecule has 2 N–H and O–H groups in total. The first-order valence-electron chi connectivity index (χ1n) is 6.65. The van der Waals surface area contributed by atoms with Crippen LogP contribution in [0.1, 0.15) is 37.7 Å². The average Bonchev–Trinajstić information content (AvgIpc) is 2.66. The lowest BCUT2D eigenvalue weighted by molar-refractivity contribution is 0.304. The van der Waals surface area contributed by atoms with Crippen molar-refractivity contribution in [2.45, 2.75) is 37.6 Å². The zero-order valence-corrected chi connectivity index (χ0v) is 11.5. The van der Waals surface area contributed by atoms with Gasteiger partial charge in [-0.15, -0.1) is 0 Å². The van der Waals surface area contributed by atoms with Crippen LogP contribution in [0.4, 0.5) is 0 Å². The van der Waals surface area contributed by atoms with Gasteiger partial charge in [-0.05, 0) is 24.5 Å². The molecule has 3 heteroatoms. The van der Waals surface area contributed by atoms with E-state index < -0.39 is 0 Å². The largest absolute Gasteiger partial charge is 0.349 e. The van der Waals surface area contributed by atoms with Crippen LogP contribution in [-0.2, 0) is 12.6 Å². The van der Waals surface area contributed by atoms with Gasteiger partial charge in [0.2, 0.25) is 0 Å². The third kappa shape index (κ3) is 1.75. The molecule has 0 atom stereocenters. The lowest BCUT2D eigenvalue weighted by atomic mass is 9.76. The van der Waals surface area contributed by atoms with Crippen LogP contribution in [0.3, 0.4) is 0 Å². The SMILES string of the molecule is Cn1cc(Cl)c2c(C3(N)CCCCC3)cccc21. The second-order valence-electron chi connectivity index (χ2n) is 5.50. The predicted molar refractivity (Wildman–Crippen MR) is 76.9 cm³/mol. The van der Waals surface area contributed by atoms with Gasteiger partial charge in [-0.3, -0.25) is 0 Å². The summed E-state index contributed by atoms with van der Waals surface area (Å²) in [5, 5.41) is 1.96. The van der Waals surface area contributed by atoms with Crippen molar-refractivity contribution in [2.75, 3.05) is 0 Å². The summed E-state index contributed by atoms with van der Waals surface area (Å²) in [6.07, 6.45) is 7.85. The molecule has 0 aliphatic heterocycles. The Labute approximate surface area is 113 Å². The summed E-state index contributed by atoms with van der Waals surface area (Å²) in [7, 11) is 2.03. The standard InChI is InChI=1S/C15H19ClN2/c1-18-10-12(16)14-11(6-5-7-13(14)18)15(17)8-3-2-4-9-15/h5-7,10H,2-4,8-9,17H2,1H3. The molecule has 1 aliphatic carbocycles. The minimum absolute atomic E-state index is 0.192. The number of nitrogens with two attached hydrogens (primary N) is 1. The summed E-state index contributed by atoms with van der Waals surface area (Å²) in [5.74, 6) is 0. The smallest absolute Gasteiger partial charge is 0.0664 e. The Balaban J connectivity index is 2.22. The molecule has 2 nitrogen and oxygen atoms in total. The van der Waals surface area contributed by atoms with Crippen LogP contribution in [0, 0.1) is 0 Å². The van der Waals surface area contributed by atoms with E-state index in [4.69, 9.17) is 17.3 Å². The molecule has 0 unspecified atom stereocenters. The van der Waals surface area contributed by atoms with Gasteiger partial charge in [0, 0.05) is 29.7 Å². The van der Waals surface area contributed by atoms with Crippen LogP contribution in [0.25, 0.3) is 10.9 Å². The monoisotopic (exact) mass is 262 g/mol. The fourth-order valence-corrected chi connectivity index (χ4v) is 3.60. The minimum Gasteiger partial charge on any atom is -0.349 e. The van der Waals surface area contributed by atoms with Gasteiger partial charge in [0.15, 0.2) is 0 Å². The highest BCUT2D eigenvalue weighted by molar-refractivity contribution is 6.36. The van der Waals surface area contributed by atoms with Gasteiger partial charge in [-0.2, -0.15) is 0 Å². The van der Waals surface area contributed by atoms with E-state index in [-0.39, 0.29) is 5.54 Å². The zero-order chi connectivity index (χ0) is 12.8. The van der Waals surface area contributed by atoms with Gasteiger partial charge in [-0.1, -0.05) is 43.0 Å². The van der Waals surface area contributed by atoms with Gasteiger partial charge < -0.3 is 10.3 Å². The molecule has 0 amide bonds. The number of halogens is 1. The van der Waals surface area contributed by atoms with Crippen LogP contribution in [0.15, 0.2) is 24.4 Å². The zero-order valence-electron chi connectivity index (χ0n) is 10.7. The normalized spacial score (nSPS) is 19.3. The number of hydrogen-bond donors (Lipinski definition) is 1. The molecule has 0 saturated heterocycles. The molecule has 0 radical (unpaired) electrons. The molecule has 1 aromatic heterocycles. The van der Waals surface area contributed by atoms with Crippen LogP contribution in [0.2, 0.25) is 5.02 Å². The van der Waals surface area contributed by atoms with E-state index in [2.05, 4.69) is 22.8 Å². The van der Waals surface area contributed by atoms with Crippen molar-refractivity contribution in [1.82, 2.24) is 4.57 Å². The number of fused-ring (bicyclic) bond motifs is 1. The third-order valence-corrected chi connectivity index (χ3v) is 4.54. The Morgan fingerprint density at radius 3 is 2.67 bits per heavy atom. The lowest BCUT2D eigenvalue weighted by Gasteiger charge is -2.34. The van der Waals surface area contributed by atoms with E-state index in [1.54, 1.807) is 0 Å². The molecule has 0 bridgehead atoms. The Morgan fingerprint density at radius 2 is 1.94 bits per heavy atom. The maximum Gasteiger partial charge on any atom is 0.0664 e. The van der Waals surface area contributed by atoms with Crippen molar-refractivity contribution >= 4 is 22.5 Å². The quantitative estimate of drug-likeness (QED) is 0.829. The summed E-state index contributed by atoms with van der Waals surface area (Å²) in [4.78, 5) is 0. The van der Waals surface area contributed by atoms with Crippen molar-refractivity contribution in [3.63, 3.8) is 0 Å². The molecule has 1 fully saturated rings. The minimum atomic E-state index is -0.192. The Bertz CT molecular complexity index is 579. The number of benzene rings is 1. The van der Waals surface area contributed by atoms with Gasteiger partial charge in [0.25, 0.3) is 0 Å². The van der Waals surface area contributed by atoms with Crippen molar-refractivity contribution in [1.29, 1.82) is 0 Å². The molecule has 1 saturated carbocycles. The number of nitrogens with zero attached hydrogens (tertiary/aromatic N) is 1. The molecule has 0 spiro atoms. The first-order chi connectivity index (χ1) is 8.62. The van der Waals surface area contributed by atoms with Crippen molar-refractivity contribution < 1.29 is 0 Å². The molecular weight excluding hydrogens is 244 g/mol. The van der Waals surface area contributed by atoms with Crippen molar-refractivity contribution in [3.8, 4) is 0 Å². The van der Waals surface area contributed by atoms with E-state index in [0.717, 1.165) is 23.3 Å². The molecule has 96 valence electrons. The van der Waals surface area contributed by atoms with E-state index in [9.17, 15) is 0 Å². The van der Waals surface area contributed by atoms with Crippen molar-refractivity contribution in [3.05, 3.63) is 35.0 Å². The molecular formula is C15H19ClN2. The molecule has 1 aromatic carbocycles. The van der Waals surface area contributed by atoms with Crippen LogP contribution < -0.4 is 5.73 Å². The average molecular weight is 263 g/mol. The number of aryl methyl sites for hydroxylation is 1. The topological polar surface area (TPSA) is 30.9 Å². The summed E-state index contributed by atoms with van der Waals surface area (Å²) in [6, 6.07) is 6.35. The van der Waals surface area contributed by atoms with Gasteiger partial charge in [0.05, 0.1) is 5.02 Å². The highest BCUT2D eigenvalue weighted by Crippen LogP contribution is 2.40. The summed E-state index contributed by atoms with van der Waals surface area (Å²) < 4.78 is 2.08. The Kier molecular flexibility index (Phi) is 2.87. The van der Waals surface area contributed by atoms with E-state index in [1.807, 2.05) is 13.2 Å². The summed E-state index contributed by atoms with van der Waals surface area (Å²) >= 11 is 6.39. The number of hydrogen-bond acceptors (Lipinski definition) is 1. The second kappa shape index (κ2) is 4.29. The van der Waals surface area contributed by atoms with E-state index in [1.165, 1.54) is 30.3 Å². The van der Waals surface area contributed by atoms with Crippen LogP contribution in [-0.4, -0.2) is 4.57 Å². The summed E-state index contributed by atoms with van der Waals surface area (Å²) in [6.45, 7) is 0. The van der Waals surface area contributed by atoms with E-state index >= 15 is 0 Å². The Hall–Kier alpha value is -0.990. The Morgan fingerprint density at radius 1 is 1.22 bits per heavy atom. The first-order valence-corrected chi connectivity index (χ1v) is 7.02. The molecule has 18 heavy (non-hydrogen) atoms. The number of rotatable bonds is 1. The van der Waals surface area contributed by atoms with Gasteiger partial charge in [0.1, 0.15) is 0 Å². The third-order valence-electron chi connectivity index (χ3n) is 4.25.